The third-order valence-electron chi connectivity index (χ3n) is 3.67. The molecule has 2 N–H and O–H groups in total. The van der Waals surface area contributed by atoms with Crippen molar-refractivity contribution in [3.05, 3.63) is 47.0 Å². The van der Waals surface area contributed by atoms with Crippen LogP contribution in [0.25, 0.3) is 11.1 Å². The van der Waals surface area contributed by atoms with E-state index >= 15 is 0 Å². The summed E-state index contributed by atoms with van der Waals surface area (Å²) in [4.78, 5) is 17.4. The predicted molar refractivity (Wildman–Crippen MR) is 91.5 cm³/mol. The summed E-state index contributed by atoms with van der Waals surface area (Å²) in [5, 5.41) is 9.42. The molecule has 1 heterocycles. The molecule has 142 valence electrons. The number of rotatable bonds is 7. The maximum atomic E-state index is 14.9. The average molecular weight is 378 g/mol. The number of benzene rings is 2. The molecule has 27 heavy (non-hydrogen) atoms. The van der Waals surface area contributed by atoms with Crippen molar-refractivity contribution in [3.8, 4) is 0 Å². The molecule has 3 aromatic rings. The van der Waals surface area contributed by atoms with E-state index in [4.69, 9.17) is 14.1 Å². The molecule has 0 unspecified atom stereocenters. The van der Waals surface area contributed by atoms with E-state index in [1.165, 1.54) is 25.3 Å². The third-order valence-corrected chi connectivity index (χ3v) is 3.67. The Bertz CT molecular complexity index is 977. The minimum absolute atomic E-state index is 0.00958. The molecule has 0 aliphatic carbocycles. The Morgan fingerprint density at radius 3 is 2.81 bits per heavy atom. The van der Waals surface area contributed by atoms with Crippen molar-refractivity contribution >= 4 is 28.4 Å². The number of ether oxygens (including phenoxy) is 1. The number of fused-ring (bicyclic) bond motifs is 1. The number of halogens is 2. The van der Waals surface area contributed by atoms with Gasteiger partial charge in [-0.2, -0.15) is 0 Å². The number of aromatic nitrogens is 2. The van der Waals surface area contributed by atoms with E-state index in [9.17, 15) is 13.6 Å². The molecule has 0 saturated carbocycles. The van der Waals surface area contributed by atoms with Gasteiger partial charge >= 0.3 is 0 Å². The zero-order valence-electron chi connectivity index (χ0n) is 14.5. The van der Waals surface area contributed by atoms with E-state index in [-0.39, 0.29) is 41.3 Å². The highest BCUT2D eigenvalue weighted by Crippen LogP contribution is 2.31. The minimum Gasteiger partial charge on any atom is -0.382 e. The van der Waals surface area contributed by atoms with Gasteiger partial charge < -0.3 is 14.6 Å². The number of aryl methyl sites for hydroxylation is 1. The van der Waals surface area contributed by atoms with Gasteiger partial charge in [-0.3, -0.25) is 9.63 Å². The molecule has 1 amide bonds. The van der Waals surface area contributed by atoms with Crippen molar-refractivity contribution in [2.24, 2.45) is 0 Å². The zero-order chi connectivity index (χ0) is 19.4. The first kappa shape index (κ1) is 18.7. The number of hydrogen-bond acceptors (Lipinski definition) is 7. The average Bonchev–Trinajstić information content (AvgIpc) is 3.11. The van der Waals surface area contributed by atoms with Gasteiger partial charge in [0.15, 0.2) is 16.9 Å². The molecule has 0 aliphatic heterocycles. The van der Waals surface area contributed by atoms with Crippen LogP contribution in [0, 0.1) is 18.6 Å². The van der Waals surface area contributed by atoms with Crippen molar-refractivity contribution in [2.75, 3.05) is 25.6 Å². The van der Waals surface area contributed by atoms with Crippen molar-refractivity contribution in [1.29, 1.82) is 0 Å². The molecular weight excluding hydrogens is 362 g/mol. The van der Waals surface area contributed by atoms with E-state index in [0.717, 1.165) is 0 Å². The number of anilines is 2. The maximum absolute atomic E-state index is 14.9. The van der Waals surface area contributed by atoms with Crippen LogP contribution in [0.5, 0.6) is 0 Å². The van der Waals surface area contributed by atoms with Gasteiger partial charge in [-0.15, -0.1) is 5.10 Å². The van der Waals surface area contributed by atoms with E-state index in [1.807, 2.05) is 0 Å². The zero-order valence-corrected chi connectivity index (χ0v) is 14.5. The molecule has 0 aliphatic rings. The predicted octanol–water partition coefficient (Wildman–Crippen LogP) is 2.86. The van der Waals surface area contributed by atoms with Crippen molar-refractivity contribution < 1.29 is 27.7 Å². The Morgan fingerprint density at radius 2 is 2.07 bits per heavy atom. The lowest BCUT2D eigenvalue weighted by Crippen LogP contribution is -2.26. The molecule has 10 heteroatoms. The van der Waals surface area contributed by atoms with E-state index in [0.29, 0.717) is 5.56 Å². The quantitative estimate of drug-likeness (QED) is 0.482. The van der Waals surface area contributed by atoms with Crippen LogP contribution in [0.3, 0.4) is 0 Å². The molecule has 0 radical (unpaired) electrons. The molecule has 8 nitrogen and oxygen atoms in total. The highest BCUT2D eigenvalue weighted by atomic mass is 19.1. The van der Waals surface area contributed by atoms with Gasteiger partial charge in [-0.25, -0.2) is 14.3 Å². The monoisotopic (exact) mass is 378 g/mol. The topological polar surface area (TPSA) is 98.5 Å². The lowest BCUT2D eigenvalue weighted by atomic mass is 10.1. The summed E-state index contributed by atoms with van der Waals surface area (Å²) < 4.78 is 38.7. The number of carbonyl (C=O) groups is 1. The first-order chi connectivity index (χ1) is 13.0. The van der Waals surface area contributed by atoms with Gasteiger partial charge in [0.1, 0.15) is 5.82 Å². The summed E-state index contributed by atoms with van der Waals surface area (Å²) in [7, 11) is 1.48. The summed E-state index contributed by atoms with van der Waals surface area (Å²) in [5.74, 6) is -2.27. The number of nitrogens with one attached hydrogen (secondary N) is 2. The smallest absolute Gasteiger partial charge is 0.277 e. The number of methoxy groups -OCH3 is 1. The minimum atomic E-state index is -0.907. The largest absolute Gasteiger partial charge is 0.382 e. The van der Waals surface area contributed by atoms with Crippen molar-refractivity contribution in [2.45, 2.75) is 6.92 Å². The summed E-state index contributed by atoms with van der Waals surface area (Å²) in [6.45, 7) is 2.06. The van der Waals surface area contributed by atoms with Crippen LogP contribution in [0.2, 0.25) is 0 Å². The fourth-order valence-electron chi connectivity index (χ4n) is 2.34. The van der Waals surface area contributed by atoms with Crippen LogP contribution in [-0.2, 0) is 9.57 Å². The highest BCUT2D eigenvalue weighted by Gasteiger charge is 2.23. The summed E-state index contributed by atoms with van der Waals surface area (Å²) in [6, 6.07) is 5.60. The summed E-state index contributed by atoms with van der Waals surface area (Å²) >= 11 is 0. The second-order valence-electron chi connectivity index (χ2n) is 5.61. The van der Waals surface area contributed by atoms with E-state index in [1.54, 1.807) is 13.0 Å². The van der Waals surface area contributed by atoms with Crippen LogP contribution in [0.4, 0.5) is 20.2 Å². The van der Waals surface area contributed by atoms with Crippen molar-refractivity contribution in [1.82, 2.24) is 15.9 Å². The maximum Gasteiger partial charge on any atom is 0.277 e. The van der Waals surface area contributed by atoms with Crippen LogP contribution in [0.1, 0.15) is 15.9 Å². The Hall–Kier alpha value is -3.11. The van der Waals surface area contributed by atoms with Crippen LogP contribution in [-0.4, -0.2) is 36.6 Å². The van der Waals surface area contributed by atoms with Gasteiger partial charge in [-0.05, 0) is 24.6 Å². The second kappa shape index (κ2) is 8.06. The first-order valence-electron chi connectivity index (χ1n) is 7.90. The molecule has 0 fully saturated rings. The van der Waals surface area contributed by atoms with Crippen LogP contribution < -0.4 is 10.8 Å². The van der Waals surface area contributed by atoms with Gasteiger partial charge in [-0.1, -0.05) is 6.07 Å². The van der Waals surface area contributed by atoms with E-state index in [2.05, 4.69) is 21.2 Å². The molecule has 1 aromatic heterocycles. The lowest BCUT2D eigenvalue weighted by Gasteiger charge is -2.14. The molecule has 0 saturated heterocycles. The number of amides is 1. The second-order valence-corrected chi connectivity index (χ2v) is 5.61. The summed E-state index contributed by atoms with van der Waals surface area (Å²) in [6.07, 6.45) is 0. The number of hydroxylamine groups is 1. The lowest BCUT2D eigenvalue weighted by molar-refractivity contribution is 0.00892. The molecule has 0 bridgehead atoms. The fourth-order valence-corrected chi connectivity index (χ4v) is 2.34. The third kappa shape index (κ3) is 4.01. The molecular formula is C17H16F2N4O4. The van der Waals surface area contributed by atoms with Gasteiger partial charge in [0.2, 0.25) is 0 Å². The Kier molecular flexibility index (Phi) is 5.57. The van der Waals surface area contributed by atoms with Crippen LogP contribution >= 0.6 is 0 Å². The van der Waals surface area contributed by atoms with Crippen molar-refractivity contribution in [3.63, 3.8) is 0 Å². The van der Waals surface area contributed by atoms with Gasteiger partial charge in [0, 0.05) is 18.4 Å². The summed E-state index contributed by atoms with van der Waals surface area (Å²) in [5.41, 5.74) is 2.17. The molecule has 0 spiro atoms. The highest BCUT2D eigenvalue weighted by molar-refractivity contribution is 6.03. The standard InChI is InChI=1S/C17H16F2N4O4/c1-9-3-4-12(11(18)7-9)20-15-10(17(24)22-26-6-5-25-2)8-13-16(14(15)19)21-23-27-13/h3-4,7-8,20H,5-6H2,1-2H3,(H,22,24). The SMILES string of the molecule is COCCONC(=O)c1cc2onnc2c(F)c1Nc1ccc(C)cc1F. The molecule has 3 rings (SSSR count). The van der Waals surface area contributed by atoms with E-state index < -0.39 is 17.5 Å². The molecule has 2 aromatic carbocycles. The Labute approximate surface area is 152 Å². The first-order valence-corrected chi connectivity index (χ1v) is 7.90. The van der Waals surface area contributed by atoms with Gasteiger partial charge in [0.05, 0.1) is 30.2 Å². The molecule has 0 atom stereocenters. The Morgan fingerprint density at radius 1 is 1.26 bits per heavy atom. The van der Waals surface area contributed by atoms with Crippen LogP contribution in [0.15, 0.2) is 28.8 Å². The van der Waals surface area contributed by atoms with Gasteiger partial charge in [0.25, 0.3) is 5.91 Å². The number of hydrogen-bond donors (Lipinski definition) is 2. The normalized spacial score (nSPS) is 11.0. The fraction of sp³-hybridized carbons (Fsp3) is 0.235. The number of carbonyl (C=O) groups excluding carboxylic acids is 1. The number of nitrogens with zero attached hydrogens (tertiary/aromatic N) is 2. The Balaban J connectivity index is 1.98.